The topological polar surface area (TPSA) is 40.5 Å². The summed E-state index contributed by atoms with van der Waals surface area (Å²) in [5.41, 5.74) is 6.85. The van der Waals surface area contributed by atoms with Crippen LogP contribution in [0.25, 0.3) is 0 Å². The molecule has 0 unspecified atom stereocenters. The highest BCUT2D eigenvalue weighted by Crippen LogP contribution is 2.35. The number of aryl methyl sites for hydroxylation is 4. The van der Waals surface area contributed by atoms with E-state index in [1.165, 1.54) is 75.3 Å². The summed E-state index contributed by atoms with van der Waals surface area (Å²) in [5.74, 6) is 0.938. The van der Waals surface area contributed by atoms with Gasteiger partial charge in [-0.1, -0.05) is 117 Å². The van der Waals surface area contributed by atoms with Crippen LogP contribution in [-0.2, 0) is 23.7 Å². The Labute approximate surface area is 222 Å². The van der Waals surface area contributed by atoms with E-state index in [2.05, 4.69) is 65.8 Å². The van der Waals surface area contributed by atoms with E-state index in [-0.39, 0.29) is 10.8 Å². The highest BCUT2D eigenvalue weighted by molar-refractivity contribution is 5.47. The Morgan fingerprint density at radius 2 is 0.750 bits per heavy atom. The van der Waals surface area contributed by atoms with Gasteiger partial charge >= 0.3 is 0 Å². The summed E-state index contributed by atoms with van der Waals surface area (Å²) >= 11 is 0. The number of hydrogen-bond donors (Lipinski definition) is 2. The van der Waals surface area contributed by atoms with Gasteiger partial charge in [0, 0.05) is 0 Å². The predicted octanol–water partition coefficient (Wildman–Crippen LogP) is 10.00. The van der Waals surface area contributed by atoms with Gasteiger partial charge in [-0.2, -0.15) is 0 Å². The summed E-state index contributed by atoms with van der Waals surface area (Å²) in [6, 6.07) is 8.76. The maximum Gasteiger partial charge on any atom is 0.122 e. The highest BCUT2D eigenvalue weighted by atomic mass is 16.3. The summed E-state index contributed by atoms with van der Waals surface area (Å²) < 4.78 is 0. The molecule has 0 aliphatic carbocycles. The van der Waals surface area contributed by atoms with Crippen LogP contribution in [0.2, 0.25) is 0 Å². The third-order valence-corrected chi connectivity index (χ3v) is 7.52. The van der Waals surface area contributed by atoms with Gasteiger partial charge in [-0.25, -0.2) is 0 Å². The van der Waals surface area contributed by atoms with Crippen molar-refractivity contribution >= 4 is 0 Å². The molecule has 0 atom stereocenters. The van der Waals surface area contributed by atoms with Crippen molar-refractivity contribution in [2.75, 3.05) is 0 Å². The van der Waals surface area contributed by atoms with E-state index in [1.807, 2.05) is 13.8 Å². The number of phenolic OH excluding ortho intramolecular Hbond substituents is 2. The molecular formula is C34H54O2. The molecule has 0 heterocycles. The molecule has 0 amide bonds. The number of benzene rings is 2. The first-order chi connectivity index (χ1) is 16.8. The van der Waals surface area contributed by atoms with Gasteiger partial charge in [-0.15, -0.1) is 0 Å². The highest BCUT2D eigenvalue weighted by Gasteiger charge is 2.21. The Morgan fingerprint density at radius 1 is 0.472 bits per heavy atom. The van der Waals surface area contributed by atoms with E-state index < -0.39 is 0 Å². The van der Waals surface area contributed by atoms with Gasteiger partial charge in [0.15, 0.2) is 0 Å². The summed E-state index contributed by atoms with van der Waals surface area (Å²) in [4.78, 5) is 0. The second kappa shape index (κ2) is 13.5. The molecule has 2 aromatic rings. The molecule has 2 nitrogen and oxygen atoms in total. The molecule has 0 saturated heterocycles. The van der Waals surface area contributed by atoms with Crippen LogP contribution in [0.4, 0.5) is 0 Å². The molecule has 202 valence electrons. The van der Waals surface area contributed by atoms with E-state index >= 15 is 0 Å². The van der Waals surface area contributed by atoms with E-state index in [9.17, 15) is 10.2 Å². The van der Waals surface area contributed by atoms with Crippen LogP contribution in [0.3, 0.4) is 0 Å². The third-order valence-electron chi connectivity index (χ3n) is 7.52. The smallest absolute Gasteiger partial charge is 0.122 e. The van der Waals surface area contributed by atoms with Crippen molar-refractivity contribution < 1.29 is 10.2 Å². The maximum absolute atomic E-state index is 10.4. The lowest BCUT2D eigenvalue weighted by Crippen LogP contribution is -2.12. The monoisotopic (exact) mass is 494 g/mol. The van der Waals surface area contributed by atoms with Gasteiger partial charge in [0.25, 0.3) is 0 Å². The Kier molecular flexibility index (Phi) is 11.4. The van der Waals surface area contributed by atoms with Gasteiger partial charge in [-0.3, -0.25) is 0 Å². The van der Waals surface area contributed by atoms with Gasteiger partial charge in [0.05, 0.1) is 0 Å². The molecule has 0 aromatic heterocycles. The largest absolute Gasteiger partial charge is 0.507 e. The molecule has 0 radical (unpaired) electrons. The fourth-order valence-corrected chi connectivity index (χ4v) is 5.21. The van der Waals surface area contributed by atoms with Crippen molar-refractivity contribution in [3.63, 3.8) is 0 Å². The van der Waals surface area contributed by atoms with Gasteiger partial charge < -0.3 is 10.2 Å². The van der Waals surface area contributed by atoms with E-state index in [0.717, 1.165) is 35.1 Å². The summed E-state index contributed by atoms with van der Waals surface area (Å²) in [5, 5.41) is 20.8. The average Bonchev–Trinajstić information content (AvgIpc) is 2.77. The lowest BCUT2D eigenvalue weighted by atomic mass is 9.83. The Bertz CT molecular complexity index is 877. The number of aromatic hydroxyl groups is 2. The molecule has 2 N–H and O–H groups in total. The molecule has 0 spiro atoms. The van der Waals surface area contributed by atoms with Crippen LogP contribution in [0, 0.1) is 13.8 Å². The molecule has 0 fully saturated rings. The minimum atomic E-state index is -0.0226. The first kappa shape index (κ1) is 30.3. The zero-order chi connectivity index (χ0) is 26.9. The van der Waals surface area contributed by atoms with Crippen LogP contribution in [0.1, 0.15) is 139 Å². The Morgan fingerprint density at radius 3 is 1.03 bits per heavy atom. The Balaban J connectivity index is 1.56. The standard InChI is InChI=1S/C34H54O2/c1-25-21-27(23-29(31(25)35)33(3,4)5)19-17-15-13-11-9-10-12-14-16-18-20-28-22-26(2)32(36)30(24-28)34(6,7)8/h21-24,35-36H,9-20H2,1-8H3. The average molecular weight is 495 g/mol. The van der Waals surface area contributed by atoms with E-state index in [1.54, 1.807) is 0 Å². The van der Waals surface area contributed by atoms with Crippen molar-refractivity contribution in [1.82, 2.24) is 0 Å². The normalized spacial score (nSPS) is 12.3. The Hall–Kier alpha value is -1.96. The first-order valence-corrected chi connectivity index (χ1v) is 14.5. The lowest BCUT2D eigenvalue weighted by molar-refractivity contribution is 0.441. The second-order valence-corrected chi connectivity index (χ2v) is 13.2. The number of phenols is 2. The quantitative estimate of drug-likeness (QED) is 0.272. The minimum Gasteiger partial charge on any atom is -0.507 e. The van der Waals surface area contributed by atoms with Crippen molar-refractivity contribution in [3.05, 3.63) is 57.6 Å². The zero-order valence-electron chi connectivity index (χ0n) is 24.7. The molecule has 2 aromatic carbocycles. The molecule has 36 heavy (non-hydrogen) atoms. The fourth-order valence-electron chi connectivity index (χ4n) is 5.21. The zero-order valence-corrected chi connectivity index (χ0v) is 24.7. The summed E-state index contributed by atoms with van der Waals surface area (Å²) in [7, 11) is 0. The summed E-state index contributed by atoms with van der Waals surface area (Å²) in [6.07, 6.45) is 15.4. The summed E-state index contributed by atoms with van der Waals surface area (Å²) in [6.45, 7) is 17.1. The van der Waals surface area contributed by atoms with E-state index in [4.69, 9.17) is 0 Å². The van der Waals surface area contributed by atoms with Crippen LogP contribution in [0.15, 0.2) is 24.3 Å². The van der Waals surface area contributed by atoms with Crippen molar-refractivity contribution in [2.24, 2.45) is 0 Å². The fraction of sp³-hybridized carbons (Fsp3) is 0.647. The van der Waals surface area contributed by atoms with Gasteiger partial charge in [-0.05, 0) is 83.7 Å². The van der Waals surface area contributed by atoms with Crippen molar-refractivity contribution in [1.29, 1.82) is 0 Å². The number of rotatable bonds is 13. The molecule has 2 rings (SSSR count). The van der Waals surface area contributed by atoms with Gasteiger partial charge in [0.2, 0.25) is 0 Å². The van der Waals surface area contributed by atoms with Crippen LogP contribution in [-0.4, -0.2) is 10.2 Å². The maximum atomic E-state index is 10.4. The van der Waals surface area contributed by atoms with Crippen molar-refractivity contribution in [3.8, 4) is 11.5 Å². The van der Waals surface area contributed by atoms with E-state index in [0.29, 0.717) is 11.5 Å². The van der Waals surface area contributed by atoms with Crippen LogP contribution >= 0.6 is 0 Å². The molecule has 0 bridgehead atoms. The first-order valence-electron chi connectivity index (χ1n) is 14.5. The molecule has 2 heteroatoms. The molecule has 0 aliphatic rings. The molecule has 0 aliphatic heterocycles. The van der Waals surface area contributed by atoms with Crippen LogP contribution in [0.5, 0.6) is 11.5 Å². The van der Waals surface area contributed by atoms with Crippen LogP contribution < -0.4 is 0 Å². The molecule has 0 saturated carbocycles. The minimum absolute atomic E-state index is 0.0226. The second-order valence-electron chi connectivity index (χ2n) is 13.2. The molecular weight excluding hydrogens is 440 g/mol. The van der Waals surface area contributed by atoms with Crippen molar-refractivity contribution in [2.45, 2.75) is 143 Å². The lowest BCUT2D eigenvalue weighted by Gasteiger charge is -2.22. The third kappa shape index (κ3) is 9.49. The predicted molar refractivity (Wildman–Crippen MR) is 157 cm³/mol. The van der Waals surface area contributed by atoms with Gasteiger partial charge in [0.1, 0.15) is 11.5 Å². The number of unbranched alkanes of at least 4 members (excludes halogenated alkanes) is 9. The number of hydrogen-bond acceptors (Lipinski definition) is 2. The SMILES string of the molecule is Cc1cc(CCCCCCCCCCCCc2cc(C)c(O)c(C(C)(C)C)c2)cc(C(C)(C)C)c1O.